The molecule has 0 aromatic carbocycles. The van der Waals surface area contributed by atoms with E-state index >= 15 is 0 Å². The Bertz CT molecular complexity index is 268. The van der Waals surface area contributed by atoms with Gasteiger partial charge in [-0.3, -0.25) is 4.21 Å². The molecule has 50 valence electrons. The van der Waals surface area contributed by atoms with Crippen molar-refractivity contribution in [3.63, 3.8) is 0 Å². The molecular weight excluding hydrogens is 152 g/mol. The minimum absolute atomic E-state index is 0.877. The van der Waals surface area contributed by atoms with E-state index in [1.807, 2.05) is 17.5 Å². The number of rotatable bonds is 1. The molecule has 1 aromatic heterocycles. The van der Waals surface area contributed by atoms with Gasteiger partial charge in [-0.1, -0.05) is 6.07 Å². The summed E-state index contributed by atoms with van der Waals surface area (Å²) in [5.74, 6) is 3.55. The number of hydrogen-bond donors (Lipinski definition) is 0. The van der Waals surface area contributed by atoms with E-state index in [2.05, 4.69) is 5.87 Å². The Balaban J connectivity index is 3.20. The van der Waals surface area contributed by atoms with Crippen molar-refractivity contribution in [3.05, 3.63) is 17.5 Å². The fourth-order valence-electron chi connectivity index (χ4n) is 0.509. The van der Waals surface area contributed by atoms with Gasteiger partial charge in [0.15, 0.2) is 0 Å². The molecule has 3 heteroatoms. The van der Waals surface area contributed by atoms with E-state index in [0.29, 0.717) is 0 Å². The molecule has 0 spiro atoms. The second kappa shape index (κ2) is 2.15. The molecule has 1 aromatic rings. The highest BCUT2D eigenvalue weighted by atomic mass is 32.2. The highest BCUT2D eigenvalue weighted by Crippen LogP contribution is 2.14. The Morgan fingerprint density at radius 2 is 2.44 bits per heavy atom. The molecule has 0 bridgehead atoms. The lowest BCUT2D eigenvalue weighted by molar-refractivity contribution is 0.686. The number of thiophene rings is 1. The zero-order valence-electron chi connectivity index (χ0n) is 5.16. The number of hydrogen-bond acceptors (Lipinski definition) is 2. The molecule has 0 saturated carbocycles. The maximum absolute atomic E-state index is 11.1. The van der Waals surface area contributed by atoms with E-state index in [9.17, 15) is 4.21 Å². The van der Waals surface area contributed by atoms with Crippen molar-refractivity contribution >= 4 is 26.7 Å². The molecule has 1 heterocycles. The summed E-state index contributed by atoms with van der Waals surface area (Å²) in [6, 6.07) is 3.73. The SMILES string of the molecule is C=S(C)(=O)c1cccs1. The summed E-state index contributed by atoms with van der Waals surface area (Å²) < 4.78 is 12.0. The molecule has 1 atom stereocenters. The van der Waals surface area contributed by atoms with Crippen LogP contribution in [0, 0.1) is 0 Å². The Morgan fingerprint density at radius 1 is 1.78 bits per heavy atom. The van der Waals surface area contributed by atoms with Crippen LogP contribution in [0.2, 0.25) is 0 Å². The van der Waals surface area contributed by atoms with Gasteiger partial charge in [0.05, 0.1) is 4.21 Å². The second-order valence-electron chi connectivity index (χ2n) is 1.94. The van der Waals surface area contributed by atoms with Crippen molar-refractivity contribution in [1.29, 1.82) is 0 Å². The predicted octanol–water partition coefficient (Wildman–Crippen LogP) is 1.45. The van der Waals surface area contributed by atoms with Crippen molar-refractivity contribution in [1.82, 2.24) is 0 Å². The molecule has 1 unspecified atom stereocenters. The van der Waals surface area contributed by atoms with Gasteiger partial charge in [0.2, 0.25) is 0 Å². The molecule has 0 amide bonds. The van der Waals surface area contributed by atoms with Gasteiger partial charge in [-0.05, 0) is 17.3 Å². The van der Waals surface area contributed by atoms with Crippen LogP contribution in [-0.2, 0) is 9.52 Å². The summed E-state index contributed by atoms with van der Waals surface area (Å²) in [5, 5.41) is 1.91. The third-order valence-electron chi connectivity index (χ3n) is 0.921. The molecular formula is C6H8OS2. The minimum atomic E-state index is -1.94. The lowest BCUT2D eigenvalue weighted by atomic mass is 10.7. The van der Waals surface area contributed by atoms with Crippen molar-refractivity contribution in [3.8, 4) is 0 Å². The Morgan fingerprint density at radius 3 is 2.67 bits per heavy atom. The lowest BCUT2D eigenvalue weighted by Crippen LogP contribution is -1.91. The van der Waals surface area contributed by atoms with Crippen LogP contribution in [0.3, 0.4) is 0 Å². The molecule has 0 radical (unpaired) electrons. The molecule has 0 aliphatic rings. The highest BCUT2D eigenvalue weighted by Gasteiger charge is 1.98. The molecule has 1 nitrogen and oxygen atoms in total. The van der Waals surface area contributed by atoms with Gasteiger partial charge in [-0.25, -0.2) is 0 Å². The topological polar surface area (TPSA) is 17.1 Å². The predicted molar refractivity (Wildman–Crippen MR) is 43.8 cm³/mol. The van der Waals surface area contributed by atoms with Crippen LogP contribution in [0.15, 0.2) is 21.7 Å². The Labute approximate surface area is 59.3 Å². The summed E-state index contributed by atoms with van der Waals surface area (Å²) in [6.45, 7) is 0. The van der Waals surface area contributed by atoms with Gasteiger partial charge in [0.25, 0.3) is 0 Å². The third-order valence-corrected chi connectivity index (χ3v) is 3.92. The van der Waals surface area contributed by atoms with E-state index in [1.165, 1.54) is 11.3 Å². The highest BCUT2D eigenvalue weighted by molar-refractivity contribution is 8.01. The fourth-order valence-corrected chi connectivity index (χ4v) is 2.30. The van der Waals surface area contributed by atoms with Gasteiger partial charge in [0.1, 0.15) is 0 Å². The van der Waals surface area contributed by atoms with Crippen LogP contribution in [0.1, 0.15) is 0 Å². The van der Waals surface area contributed by atoms with Gasteiger partial charge in [0, 0.05) is 15.8 Å². The summed E-state index contributed by atoms with van der Waals surface area (Å²) in [6.07, 6.45) is 1.65. The lowest BCUT2D eigenvalue weighted by Gasteiger charge is -1.93. The first-order chi connectivity index (χ1) is 4.11. The van der Waals surface area contributed by atoms with Crippen LogP contribution < -0.4 is 0 Å². The minimum Gasteiger partial charge on any atom is -0.263 e. The van der Waals surface area contributed by atoms with Crippen molar-refractivity contribution < 1.29 is 4.21 Å². The second-order valence-corrected chi connectivity index (χ2v) is 5.59. The average Bonchev–Trinajstić information content (AvgIpc) is 2.08. The first kappa shape index (κ1) is 6.83. The largest absolute Gasteiger partial charge is 0.263 e. The molecule has 9 heavy (non-hydrogen) atoms. The van der Waals surface area contributed by atoms with Gasteiger partial charge in [-0.2, -0.15) is 0 Å². The summed E-state index contributed by atoms with van der Waals surface area (Å²) in [7, 11) is -1.94. The van der Waals surface area contributed by atoms with Gasteiger partial charge < -0.3 is 0 Å². The zero-order valence-corrected chi connectivity index (χ0v) is 6.80. The molecule has 0 aliphatic carbocycles. The van der Waals surface area contributed by atoms with Gasteiger partial charge in [-0.15, -0.1) is 11.3 Å². The first-order valence-corrected chi connectivity index (χ1v) is 5.48. The van der Waals surface area contributed by atoms with Crippen LogP contribution >= 0.6 is 11.3 Å². The van der Waals surface area contributed by atoms with Gasteiger partial charge >= 0.3 is 0 Å². The molecule has 0 fully saturated rings. The van der Waals surface area contributed by atoms with Crippen LogP contribution in [0.4, 0.5) is 0 Å². The van der Waals surface area contributed by atoms with Crippen LogP contribution in [-0.4, -0.2) is 16.3 Å². The zero-order chi connectivity index (χ0) is 6.91. The monoisotopic (exact) mass is 160 g/mol. The smallest absolute Gasteiger partial charge is 0.0824 e. The maximum Gasteiger partial charge on any atom is 0.0824 e. The molecule has 1 rings (SSSR count). The van der Waals surface area contributed by atoms with E-state index in [0.717, 1.165) is 4.21 Å². The summed E-state index contributed by atoms with van der Waals surface area (Å²) >= 11 is 1.49. The average molecular weight is 160 g/mol. The van der Waals surface area contributed by atoms with Crippen LogP contribution in [0.5, 0.6) is 0 Å². The fraction of sp³-hybridized carbons (Fsp3) is 0.167. The molecule has 0 N–H and O–H groups in total. The van der Waals surface area contributed by atoms with E-state index in [1.54, 1.807) is 6.26 Å². The van der Waals surface area contributed by atoms with E-state index < -0.39 is 9.52 Å². The van der Waals surface area contributed by atoms with Crippen molar-refractivity contribution in [2.75, 3.05) is 6.26 Å². The summed E-state index contributed by atoms with van der Waals surface area (Å²) in [5.41, 5.74) is 0. The quantitative estimate of drug-likeness (QED) is 0.568. The third kappa shape index (κ3) is 1.56. The maximum atomic E-state index is 11.1. The standard InChI is InChI=1S/C6H8OS2/c1-9(2,7)6-4-3-5-8-6/h3-5H,1H2,2H3. The van der Waals surface area contributed by atoms with Crippen molar-refractivity contribution in [2.24, 2.45) is 0 Å². The molecule has 0 saturated heterocycles. The first-order valence-electron chi connectivity index (χ1n) is 2.46. The van der Waals surface area contributed by atoms with Crippen molar-refractivity contribution in [2.45, 2.75) is 4.21 Å². The van der Waals surface area contributed by atoms with Crippen LogP contribution in [0.25, 0.3) is 0 Å². The van der Waals surface area contributed by atoms with E-state index in [4.69, 9.17) is 0 Å². The normalized spacial score (nSPS) is 17.0. The Hall–Kier alpha value is -0.280. The Kier molecular flexibility index (Phi) is 1.64. The molecule has 0 aliphatic heterocycles. The summed E-state index contributed by atoms with van der Waals surface area (Å²) in [4.78, 5) is 0. The van der Waals surface area contributed by atoms with E-state index in [-0.39, 0.29) is 0 Å².